The molecular weight excluding hydrogens is 331 g/mol. The summed E-state index contributed by atoms with van der Waals surface area (Å²) >= 11 is 0. The predicted molar refractivity (Wildman–Crippen MR) is 100 cm³/mol. The highest BCUT2D eigenvalue weighted by Gasteiger charge is 2.18. The monoisotopic (exact) mass is 352 g/mol. The predicted octanol–water partition coefficient (Wildman–Crippen LogP) is 4.55. The summed E-state index contributed by atoms with van der Waals surface area (Å²) in [6.07, 6.45) is 0. The van der Waals surface area contributed by atoms with Crippen LogP contribution in [0.2, 0.25) is 0 Å². The second kappa shape index (κ2) is 7.44. The highest BCUT2D eigenvalue weighted by molar-refractivity contribution is 6.04. The van der Waals surface area contributed by atoms with E-state index in [0.717, 1.165) is 17.0 Å². The third kappa shape index (κ3) is 3.61. The number of carbonyl (C=O) groups excluding carboxylic acids is 1. The SMILES string of the molecule is COc1ccc(NC(=O)c2c(C)cc(C)n2Cc2ccccc2F)cc1. The van der Waals surface area contributed by atoms with Crippen LogP contribution >= 0.6 is 0 Å². The van der Waals surface area contributed by atoms with E-state index >= 15 is 0 Å². The van der Waals surface area contributed by atoms with Crippen LogP contribution in [0.4, 0.5) is 10.1 Å². The number of aromatic nitrogens is 1. The van der Waals surface area contributed by atoms with Crippen LogP contribution in [0, 0.1) is 19.7 Å². The molecule has 0 aliphatic carbocycles. The van der Waals surface area contributed by atoms with Crippen LogP contribution in [0.25, 0.3) is 0 Å². The highest BCUT2D eigenvalue weighted by atomic mass is 19.1. The van der Waals surface area contributed by atoms with Gasteiger partial charge in [0.25, 0.3) is 5.91 Å². The van der Waals surface area contributed by atoms with Crippen molar-refractivity contribution in [3.05, 3.63) is 82.9 Å². The smallest absolute Gasteiger partial charge is 0.272 e. The lowest BCUT2D eigenvalue weighted by Gasteiger charge is -2.14. The van der Waals surface area contributed by atoms with Gasteiger partial charge in [-0.15, -0.1) is 0 Å². The average Bonchev–Trinajstić information content (AvgIpc) is 2.91. The molecule has 0 aliphatic heterocycles. The number of hydrogen-bond donors (Lipinski definition) is 1. The Hall–Kier alpha value is -3.08. The Morgan fingerprint density at radius 3 is 2.46 bits per heavy atom. The second-order valence-electron chi connectivity index (χ2n) is 6.18. The molecule has 2 aromatic carbocycles. The summed E-state index contributed by atoms with van der Waals surface area (Å²) in [5.74, 6) is 0.217. The minimum absolute atomic E-state index is 0.225. The van der Waals surface area contributed by atoms with Gasteiger partial charge in [0, 0.05) is 16.9 Å². The number of ether oxygens (including phenoxy) is 1. The minimum Gasteiger partial charge on any atom is -0.497 e. The van der Waals surface area contributed by atoms with Crippen LogP contribution in [0.5, 0.6) is 5.75 Å². The molecule has 0 unspecified atom stereocenters. The lowest BCUT2D eigenvalue weighted by molar-refractivity contribution is 0.101. The number of methoxy groups -OCH3 is 1. The van der Waals surface area contributed by atoms with Crippen molar-refractivity contribution in [3.63, 3.8) is 0 Å². The van der Waals surface area contributed by atoms with Crippen molar-refractivity contribution < 1.29 is 13.9 Å². The molecule has 0 spiro atoms. The molecule has 0 fully saturated rings. The van der Waals surface area contributed by atoms with Crippen molar-refractivity contribution in [1.82, 2.24) is 4.57 Å². The molecular formula is C21H21FN2O2. The summed E-state index contributed by atoms with van der Waals surface area (Å²) in [5.41, 5.74) is 3.51. The van der Waals surface area contributed by atoms with Gasteiger partial charge in [0.1, 0.15) is 17.3 Å². The van der Waals surface area contributed by atoms with Gasteiger partial charge in [-0.3, -0.25) is 4.79 Å². The maximum atomic E-state index is 14.0. The van der Waals surface area contributed by atoms with Crippen molar-refractivity contribution in [2.75, 3.05) is 12.4 Å². The molecule has 0 bridgehead atoms. The normalized spacial score (nSPS) is 10.6. The lowest BCUT2D eigenvalue weighted by Crippen LogP contribution is -2.19. The Morgan fingerprint density at radius 2 is 1.81 bits per heavy atom. The summed E-state index contributed by atoms with van der Waals surface area (Å²) in [7, 11) is 1.59. The molecule has 4 nitrogen and oxygen atoms in total. The molecule has 0 aliphatic rings. The molecule has 1 N–H and O–H groups in total. The highest BCUT2D eigenvalue weighted by Crippen LogP contribution is 2.21. The second-order valence-corrected chi connectivity index (χ2v) is 6.18. The van der Waals surface area contributed by atoms with E-state index in [4.69, 9.17) is 4.74 Å². The number of carbonyl (C=O) groups is 1. The molecule has 1 aromatic heterocycles. The van der Waals surface area contributed by atoms with Crippen molar-refractivity contribution in [2.45, 2.75) is 20.4 Å². The van der Waals surface area contributed by atoms with E-state index in [1.165, 1.54) is 6.07 Å². The zero-order valence-corrected chi connectivity index (χ0v) is 15.0. The van der Waals surface area contributed by atoms with Gasteiger partial charge in [0.2, 0.25) is 0 Å². The number of anilines is 1. The Balaban J connectivity index is 1.89. The van der Waals surface area contributed by atoms with Gasteiger partial charge in [0.15, 0.2) is 0 Å². The number of benzene rings is 2. The third-order valence-electron chi connectivity index (χ3n) is 4.34. The van der Waals surface area contributed by atoms with Crippen LogP contribution in [-0.4, -0.2) is 17.6 Å². The summed E-state index contributed by atoms with van der Waals surface area (Å²) < 4.78 is 21.0. The number of amides is 1. The van der Waals surface area contributed by atoms with Crippen LogP contribution in [-0.2, 0) is 6.54 Å². The summed E-state index contributed by atoms with van der Waals surface area (Å²) in [6, 6.07) is 15.7. The van der Waals surface area contributed by atoms with Crippen molar-refractivity contribution >= 4 is 11.6 Å². The molecule has 3 rings (SSSR count). The first-order valence-corrected chi connectivity index (χ1v) is 8.35. The van der Waals surface area contributed by atoms with Crippen molar-refractivity contribution in [2.24, 2.45) is 0 Å². The van der Waals surface area contributed by atoms with Crippen molar-refractivity contribution in [3.8, 4) is 5.75 Å². The Labute approximate surface area is 152 Å². The molecule has 0 atom stereocenters. The summed E-state index contributed by atoms with van der Waals surface area (Å²) in [6.45, 7) is 4.10. The fourth-order valence-electron chi connectivity index (χ4n) is 3.02. The standard InChI is InChI=1S/C21H21FN2O2/c1-14-12-15(2)24(13-16-6-4-5-7-19(16)22)20(14)21(25)23-17-8-10-18(26-3)11-9-17/h4-12H,13H2,1-3H3,(H,23,25). The average molecular weight is 352 g/mol. The fraction of sp³-hybridized carbons (Fsp3) is 0.190. The van der Waals surface area contributed by atoms with Gasteiger partial charge in [-0.05, 0) is 55.8 Å². The number of nitrogens with one attached hydrogen (secondary N) is 1. The first-order valence-electron chi connectivity index (χ1n) is 8.35. The molecule has 1 amide bonds. The van der Waals surface area contributed by atoms with E-state index in [0.29, 0.717) is 23.5 Å². The first-order chi connectivity index (χ1) is 12.5. The zero-order chi connectivity index (χ0) is 18.7. The van der Waals surface area contributed by atoms with E-state index in [-0.39, 0.29) is 11.7 Å². The summed E-state index contributed by atoms with van der Waals surface area (Å²) in [5, 5.41) is 2.90. The fourth-order valence-corrected chi connectivity index (χ4v) is 3.02. The van der Waals surface area contributed by atoms with E-state index in [9.17, 15) is 9.18 Å². The zero-order valence-electron chi connectivity index (χ0n) is 15.0. The van der Waals surface area contributed by atoms with Gasteiger partial charge in [-0.25, -0.2) is 4.39 Å². The topological polar surface area (TPSA) is 43.3 Å². The van der Waals surface area contributed by atoms with Gasteiger partial charge in [0.05, 0.1) is 13.7 Å². The van der Waals surface area contributed by atoms with Gasteiger partial charge in [-0.1, -0.05) is 18.2 Å². The number of nitrogens with zero attached hydrogens (tertiary/aromatic N) is 1. The van der Waals surface area contributed by atoms with E-state index in [2.05, 4.69) is 5.32 Å². The van der Waals surface area contributed by atoms with E-state index < -0.39 is 0 Å². The van der Waals surface area contributed by atoms with Crippen LogP contribution in [0.1, 0.15) is 27.3 Å². The Bertz CT molecular complexity index is 930. The number of rotatable bonds is 5. The van der Waals surface area contributed by atoms with E-state index in [1.54, 1.807) is 49.6 Å². The Morgan fingerprint density at radius 1 is 1.12 bits per heavy atom. The minimum atomic E-state index is -0.278. The molecule has 26 heavy (non-hydrogen) atoms. The van der Waals surface area contributed by atoms with Crippen LogP contribution in [0.15, 0.2) is 54.6 Å². The Kier molecular flexibility index (Phi) is 5.07. The molecule has 0 saturated heterocycles. The van der Waals surface area contributed by atoms with Crippen LogP contribution < -0.4 is 10.1 Å². The number of aryl methyl sites for hydroxylation is 2. The molecule has 0 saturated carbocycles. The first kappa shape index (κ1) is 17.7. The number of hydrogen-bond acceptors (Lipinski definition) is 2. The molecule has 3 aromatic rings. The van der Waals surface area contributed by atoms with Crippen LogP contribution in [0.3, 0.4) is 0 Å². The molecule has 0 radical (unpaired) electrons. The lowest BCUT2D eigenvalue weighted by atomic mass is 10.2. The third-order valence-corrected chi connectivity index (χ3v) is 4.34. The maximum absolute atomic E-state index is 14.0. The largest absolute Gasteiger partial charge is 0.497 e. The van der Waals surface area contributed by atoms with E-state index in [1.807, 2.05) is 24.5 Å². The van der Waals surface area contributed by atoms with Gasteiger partial charge in [-0.2, -0.15) is 0 Å². The molecule has 5 heteroatoms. The van der Waals surface area contributed by atoms with Gasteiger partial charge < -0.3 is 14.6 Å². The van der Waals surface area contributed by atoms with Gasteiger partial charge >= 0.3 is 0 Å². The summed E-state index contributed by atoms with van der Waals surface area (Å²) in [4.78, 5) is 12.8. The quantitative estimate of drug-likeness (QED) is 0.732. The molecule has 134 valence electrons. The number of halogens is 1. The molecule has 1 heterocycles. The maximum Gasteiger partial charge on any atom is 0.272 e. The van der Waals surface area contributed by atoms with Crippen molar-refractivity contribution in [1.29, 1.82) is 0 Å².